The number of aromatic nitrogens is 4. The van der Waals surface area contributed by atoms with Crippen LogP contribution in [0.3, 0.4) is 0 Å². The maximum absolute atomic E-state index is 12.2. The largest absolute Gasteiger partial charge is 0.481 e. The SMILES string of the molecule is O=C(O)CCCCCC(=O)Cc1nnc(CCCCc2nnc(NC(=O)Cc3ccccc3)s2)s1. The molecule has 3 rings (SSSR count). The van der Waals surface area contributed by atoms with Crippen LogP contribution in [0.5, 0.6) is 0 Å². The van der Waals surface area contributed by atoms with Gasteiger partial charge in [-0.3, -0.25) is 14.4 Å². The smallest absolute Gasteiger partial charge is 0.303 e. The van der Waals surface area contributed by atoms with Gasteiger partial charge in [0.05, 0.1) is 12.8 Å². The number of nitrogens with one attached hydrogen (secondary N) is 1. The fourth-order valence-corrected chi connectivity index (χ4v) is 5.11. The molecule has 186 valence electrons. The van der Waals surface area contributed by atoms with Gasteiger partial charge in [-0.2, -0.15) is 0 Å². The Morgan fingerprint density at radius 3 is 2.14 bits per heavy atom. The van der Waals surface area contributed by atoms with Gasteiger partial charge in [0.2, 0.25) is 11.0 Å². The molecule has 0 fully saturated rings. The number of rotatable bonds is 16. The molecule has 0 radical (unpaired) electrons. The van der Waals surface area contributed by atoms with E-state index in [-0.39, 0.29) is 18.1 Å². The molecule has 3 aromatic rings. The Balaban J connectivity index is 1.29. The van der Waals surface area contributed by atoms with Crippen molar-refractivity contribution in [3.8, 4) is 0 Å². The highest BCUT2D eigenvalue weighted by molar-refractivity contribution is 7.15. The quantitative estimate of drug-likeness (QED) is 0.270. The van der Waals surface area contributed by atoms with Crippen molar-refractivity contribution in [3.05, 3.63) is 50.9 Å². The van der Waals surface area contributed by atoms with Crippen LogP contribution in [-0.2, 0) is 40.1 Å². The number of carboxylic acid groups (broad SMARTS) is 1. The van der Waals surface area contributed by atoms with Gasteiger partial charge in [0.25, 0.3) is 0 Å². The molecule has 0 saturated carbocycles. The van der Waals surface area contributed by atoms with Gasteiger partial charge in [0, 0.05) is 25.7 Å². The zero-order chi connectivity index (χ0) is 24.9. The minimum atomic E-state index is -0.797. The maximum atomic E-state index is 12.2. The van der Waals surface area contributed by atoms with Crippen molar-refractivity contribution in [1.82, 2.24) is 20.4 Å². The van der Waals surface area contributed by atoms with Gasteiger partial charge in [-0.25, -0.2) is 0 Å². The Bertz CT molecular complexity index is 1100. The van der Waals surface area contributed by atoms with Crippen LogP contribution in [0.25, 0.3) is 0 Å². The molecule has 0 spiro atoms. The summed E-state index contributed by atoms with van der Waals surface area (Å²) in [7, 11) is 0. The highest BCUT2D eigenvalue weighted by Crippen LogP contribution is 2.19. The van der Waals surface area contributed by atoms with E-state index in [1.807, 2.05) is 30.3 Å². The van der Waals surface area contributed by atoms with E-state index in [0.717, 1.165) is 52.7 Å². The molecule has 0 aliphatic heterocycles. The molecule has 2 N–H and O–H groups in total. The van der Waals surface area contributed by atoms with Crippen molar-refractivity contribution in [2.75, 3.05) is 5.32 Å². The summed E-state index contributed by atoms with van der Waals surface area (Å²) in [6.45, 7) is 0. The average Bonchev–Trinajstić information content (AvgIpc) is 3.46. The molecule has 11 heteroatoms. The lowest BCUT2D eigenvalue weighted by Crippen LogP contribution is -2.14. The molecule has 0 unspecified atom stereocenters. The zero-order valence-corrected chi connectivity index (χ0v) is 21.1. The molecule has 9 nitrogen and oxygen atoms in total. The number of hydrogen-bond acceptors (Lipinski definition) is 9. The molecule has 1 amide bonds. The lowest BCUT2D eigenvalue weighted by molar-refractivity contribution is -0.137. The molecule has 2 aromatic heterocycles. The topological polar surface area (TPSA) is 135 Å². The Kier molecular flexibility index (Phi) is 10.9. The number of carbonyl (C=O) groups is 3. The minimum absolute atomic E-state index is 0.109. The molecule has 0 saturated heterocycles. The number of anilines is 1. The fraction of sp³-hybridized carbons (Fsp3) is 0.458. The van der Waals surface area contributed by atoms with Crippen molar-refractivity contribution in [2.45, 2.75) is 70.6 Å². The number of carboxylic acids is 1. The summed E-state index contributed by atoms with van der Waals surface area (Å²) in [5, 5.41) is 31.0. The van der Waals surface area contributed by atoms with Crippen LogP contribution in [0, 0.1) is 0 Å². The van der Waals surface area contributed by atoms with Gasteiger partial charge < -0.3 is 10.4 Å². The first-order chi connectivity index (χ1) is 17.0. The third-order valence-corrected chi connectivity index (χ3v) is 7.04. The number of aliphatic carboxylic acids is 1. The summed E-state index contributed by atoms with van der Waals surface area (Å²) >= 11 is 2.87. The molecule has 2 heterocycles. The number of ketones is 1. The number of benzene rings is 1. The Labute approximate surface area is 212 Å². The standard InChI is InChI=1S/C24H29N5O4S2/c30-18(11-5-2-6-14-23(32)33)16-22-28-26-20(34-22)12-7-8-13-21-27-29-24(35-21)25-19(31)15-17-9-3-1-4-10-17/h1,3-4,9-10H,2,5-8,11-16H2,(H,32,33)(H,25,29,31). The lowest BCUT2D eigenvalue weighted by Gasteiger charge is -2.00. The summed E-state index contributed by atoms with van der Waals surface area (Å²) in [4.78, 5) is 34.7. The van der Waals surface area contributed by atoms with Crippen molar-refractivity contribution >= 4 is 45.5 Å². The van der Waals surface area contributed by atoms with Gasteiger partial charge in [-0.15, -0.1) is 31.7 Å². The number of amides is 1. The maximum Gasteiger partial charge on any atom is 0.303 e. The second-order valence-electron chi connectivity index (χ2n) is 8.18. The van der Waals surface area contributed by atoms with Gasteiger partial charge in [-0.1, -0.05) is 48.1 Å². The average molecular weight is 516 g/mol. The first-order valence-electron chi connectivity index (χ1n) is 11.7. The first-order valence-corrected chi connectivity index (χ1v) is 13.3. The second-order valence-corrected chi connectivity index (χ2v) is 10.4. The number of unbranched alkanes of at least 4 members (excludes halogenated alkanes) is 3. The van der Waals surface area contributed by atoms with E-state index in [9.17, 15) is 14.4 Å². The molecular weight excluding hydrogens is 486 g/mol. The Morgan fingerprint density at radius 2 is 1.40 bits per heavy atom. The Hall–Kier alpha value is -3.05. The fourth-order valence-electron chi connectivity index (χ4n) is 3.40. The second kappa shape index (κ2) is 14.4. The third-order valence-electron chi connectivity index (χ3n) is 5.16. The van der Waals surface area contributed by atoms with Crippen molar-refractivity contribution < 1.29 is 19.5 Å². The number of nitrogens with zero attached hydrogens (tertiary/aromatic N) is 4. The highest BCUT2D eigenvalue weighted by Gasteiger charge is 2.11. The van der Waals surface area contributed by atoms with Crippen LogP contribution >= 0.6 is 22.7 Å². The number of aryl methyl sites for hydroxylation is 2. The van der Waals surface area contributed by atoms with E-state index in [1.165, 1.54) is 22.7 Å². The van der Waals surface area contributed by atoms with Crippen LogP contribution in [0.4, 0.5) is 5.13 Å². The van der Waals surface area contributed by atoms with Crippen LogP contribution in [0.2, 0.25) is 0 Å². The van der Waals surface area contributed by atoms with E-state index >= 15 is 0 Å². The third kappa shape index (κ3) is 10.4. The van der Waals surface area contributed by atoms with Crippen molar-refractivity contribution in [1.29, 1.82) is 0 Å². The zero-order valence-electron chi connectivity index (χ0n) is 19.4. The number of Topliss-reactive ketones (excluding diaryl/α,β-unsaturated/α-hetero) is 1. The van der Waals surface area contributed by atoms with Crippen LogP contribution in [0.15, 0.2) is 30.3 Å². The monoisotopic (exact) mass is 515 g/mol. The summed E-state index contributed by atoms with van der Waals surface area (Å²) in [5.41, 5.74) is 0.951. The predicted octanol–water partition coefficient (Wildman–Crippen LogP) is 4.28. The number of hydrogen-bond donors (Lipinski definition) is 2. The molecule has 0 bridgehead atoms. The summed E-state index contributed by atoms with van der Waals surface area (Å²) < 4.78 is 0. The molecule has 0 atom stereocenters. The predicted molar refractivity (Wildman–Crippen MR) is 135 cm³/mol. The minimum Gasteiger partial charge on any atom is -0.481 e. The lowest BCUT2D eigenvalue weighted by atomic mass is 10.1. The molecule has 0 aliphatic rings. The molecule has 35 heavy (non-hydrogen) atoms. The normalized spacial score (nSPS) is 10.9. The summed E-state index contributed by atoms with van der Waals surface area (Å²) in [6, 6.07) is 9.56. The molecular formula is C24H29N5O4S2. The summed E-state index contributed by atoms with van der Waals surface area (Å²) in [5.74, 6) is -0.789. The van der Waals surface area contributed by atoms with Gasteiger partial charge in [-0.05, 0) is 31.2 Å². The van der Waals surface area contributed by atoms with E-state index in [4.69, 9.17) is 5.11 Å². The van der Waals surface area contributed by atoms with Crippen LogP contribution in [-0.4, -0.2) is 43.2 Å². The van der Waals surface area contributed by atoms with E-state index in [0.29, 0.717) is 37.2 Å². The molecule has 1 aromatic carbocycles. The highest BCUT2D eigenvalue weighted by atomic mass is 32.1. The Morgan fingerprint density at radius 1 is 0.743 bits per heavy atom. The van der Waals surface area contributed by atoms with E-state index < -0.39 is 5.97 Å². The van der Waals surface area contributed by atoms with Crippen molar-refractivity contribution in [2.24, 2.45) is 0 Å². The van der Waals surface area contributed by atoms with E-state index in [2.05, 4.69) is 25.7 Å². The van der Waals surface area contributed by atoms with Crippen LogP contribution in [0.1, 0.15) is 65.5 Å². The first kappa shape index (κ1) is 26.6. The summed E-state index contributed by atoms with van der Waals surface area (Å²) in [6.07, 6.45) is 6.66. The van der Waals surface area contributed by atoms with Crippen LogP contribution < -0.4 is 5.32 Å². The van der Waals surface area contributed by atoms with Gasteiger partial charge in [0.1, 0.15) is 20.8 Å². The van der Waals surface area contributed by atoms with E-state index in [1.54, 1.807) is 0 Å². The number of carbonyl (C=O) groups excluding carboxylic acids is 2. The molecule has 0 aliphatic carbocycles. The van der Waals surface area contributed by atoms with Gasteiger partial charge in [0.15, 0.2) is 0 Å². The van der Waals surface area contributed by atoms with Crippen molar-refractivity contribution in [3.63, 3.8) is 0 Å². The van der Waals surface area contributed by atoms with Gasteiger partial charge >= 0.3 is 5.97 Å².